The Kier molecular flexibility index (Phi) is 5.92. The quantitative estimate of drug-likeness (QED) is 0.651. The van der Waals surface area contributed by atoms with Gasteiger partial charge in [-0.25, -0.2) is 0 Å². The number of aryl methyl sites for hydroxylation is 1. The number of ether oxygens (including phenoxy) is 1. The summed E-state index contributed by atoms with van der Waals surface area (Å²) >= 11 is 0. The van der Waals surface area contributed by atoms with Crippen LogP contribution in [0.15, 0.2) is 18.2 Å². The maximum absolute atomic E-state index is 6.13. The van der Waals surface area contributed by atoms with Gasteiger partial charge in [0.25, 0.3) is 0 Å². The molecular weight excluding hydrogens is 344 g/mol. The van der Waals surface area contributed by atoms with Crippen LogP contribution < -0.4 is 4.74 Å². The van der Waals surface area contributed by atoms with Gasteiger partial charge in [0, 0.05) is 26.2 Å². The number of likely N-dealkylation sites (tertiary alicyclic amines) is 2. The van der Waals surface area contributed by atoms with E-state index in [9.17, 15) is 0 Å². The summed E-state index contributed by atoms with van der Waals surface area (Å²) in [6.07, 6.45) is 12.3. The van der Waals surface area contributed by atoms with Crippen molar-refractivity contribution in [2.45, 2.75) is 57.8 Å². The van der Waals surface area contributed by atoms with Crippen LogP contribution in [0.1, 0.15) is 56.1 Å². The summed E-state index contributed by atoms with van der Waals surface area (Å²) in [5.74, 6) is 3.97. The monoisotopic (exact) mass is 382 g/mol. The standard InChI is InChI=1S/C25H38N2O/c1-2-12-26(11-1)17-20-7-8-22-16-25(10-9-21(22)15-20)28-14-4-13-27-18-23-5-3-6-24(23)19-27/h9-10,16,20,23-24H,1-8,11-15,17-19H2. The van der Waals surface area contributed by atoms with Crippen LogP contribution >= 0.6 is 0 Å². The van der Waals surface area contributed by atoms with Crippen LogP contribution in [0.25, 0.3) is 0 Å². The molecule has 2 saturated heterocycles. The van der Waals surface area contributed by atoms with Crippen molar-refractivity contribution in [2.24, 2.45) is 17.8 Å². The number of hydrogen-bond donors (Lipinski definition) is 0. The molecule has 3 nitrogen and oxygen atoms in total. The third-order valence-electron chi connectivity index (χ3n) is 7.91. The molecule has 5 rings (SSSR count). The average Bonchev–Trinajstić information content (AvgIpc) is 3.43. The molecule has 3 atom stereocenters. The van der Waals surface area contributed by atoms with Gasteiger partial charge in [0.15, 0.2) is 0 Å². The summed E-state index contributed by atoms with van der Waals surface area (Å²) in [7, 11) is 0. The van der Waals surface area contributed by atoms with Crippen molar-refractivity contribution in [2.75, 3.05) is 45.9 Å². The Balaban J connectivity index is 1.05. The third kappa shape index (κ3) is 4.41. The second-order valence-corrected chi connectivity index (χ2v) is 9.96. The van der Waals surface area contributed by atoms with Gasteiger partial charge in [0.1, 0.15) is 5.75 Å². The topological polar surface area (TPSA) is 15.7 Å². The van der Waals surface area contributed by atoms with Crippen molar-refractivity contribution in [3.05, 3.63) is 29.3 Å². The SMILES string of the molecule is c1cc2c(cc1OCCCN1CC3CCCC3C1)CCC(CN1CCCC1)C2. The van der Waals surface area contributed by atoms with E-state index in [0.717, 1.165) is 36.5 Å². The Bertz CT molecular complexity index is 642. The van der Waals surface area contributed by atoms with Gasteiger partial charge in [-0.15, -0.1) is 0 Å². The molecule has 0 amide bonds. The third-order valence-corrected chi connectivity index (χ3v) is 7.91. The largest absolute Gasteiger partial charge is 0.494 e. The second kappa shape index (κ2) is 8.75. The molecule has 0 spiro atoms. The Morgan fingerprint density at radius 1 is 0.893 bits per heavy atom. The van der Waals surface area contributed by atoms with Crippen molar-refractivity contribution >= 4 is 0 Å². The number of rotatable bonds is 7. The summed E-state index contributed by atoms with van der Waals surface area (Å²) in [6, 6.07) is 6.90. The van der Waals surface area contributed by atoms with Gasteiger partial charge < -0.3 is 14.5 Å². The van der Waals surface area contributed by atoms with Crippen LogP contribution in [0.5, 0.6) is 5.75 Å². The minimum Gasteiger partial charge on any atom is -0.494 e. The van der Waals surface area contributed by atoms with Gasteiger partial charge >= 0.3 is 0 Å². The maximum atomic E-state index is 6.13. The van der Waals surface area contributed by atoms with Crippen molar-refractivity contribution in [1.29, 1.82) is 0 Å². The van der Waals surface area contributed by atoms with Crippen LogP contribution in [-0.4, -0.2) is 55.7 Å². The average molecular weight is 383 g/mol. The number of benzene rings is 1. The summed E-state index contributed by atoms with van der Waals surface area (Å²) in [6.45, 7) is 8.75. The van der Waals surface area contributed by atoms with E-state index in [1.54, 1.807) is 11.1 Å². The molecule has 3 fully saturated rings. The van der Waals surface area contributed by atoms with E-state index in [2.05, 4.69) is 28.0 Å². The lowest BCUT2D eigenvalue weighted by atomic mass is 9.83. The van der Waals surface area contributed by atoms with Crippen LogP contribution in [0.4, 0.5) is 0 Å². The van der Waals surface area contributed by atoms with Gasteiger partial charge in [-0.1, -0.05) is 12.5 Å². The predicted molar refractivity (Wildman–Crippen MR) is 115 cm³/mol. The van der Waals surface area contributed by atoms with Crippen molar-refractivity contribution in [1.82, 2.24) is 9.80 Å². The summed E-state index contributed by atoms with van der Waals surface area (Å²) in [4.78, 5) is 5.37. The number of hydrogen-bond acceptors (Lipinski definition) is 3. The first-order chi connectivity index (χ1) is 13.8. The highest BCUT2D eigenvalue weighted by Gasteiger charge is 2.35. The fourth-order valence-corrected chi connectivity index (χ4v) is 6.38. The molecule has 1 aromatic carbocycles. The molecule has 154 valence electrons. The van der Waals surface area contributed by atoms with Gasteiger partial charge in [-0.05, 0) is 105 Å². The first-order valence-corrected chi connectivity index (χ1v) is 12.0. The fraction of sp³-hybridized carbons (Fsp3) is 0.760. The van der Waals surface area contributed by atoms with E-state index in [1.165, 1.54) is 90.6 Å². The zero-order valence-electron chi connectivity index (χ0n) is 17.6. The first kappa shape index (κ1) is 18.9. The fourth-order valence-electron chi connectivity index (χ4n) is 6.38. The molecule has 2 heterocycles. The minimum absolute atomic E-state index is 0.859. The Hall–Kier alpha value is -1.06. The van der Waals surface area contributed by atoms with E-state index in [1.807, 2.05) is 0 Å². The normalized spacial score (nSPS) is 30.5. The Labute approximate surface area is 171 Å². The van der Waals surface area contributed by atoms with Crippen LogP contribution in [0.2, 0.25) is 0 Å². The van der Waals surface area contributed by atoms with Crippen molar-refractivity contribution < 1.29 is 4.74 Å². The van der Waals surface area contributed by atoms with Crippen LogP contribution in [0.3, 0.4) is 0 Å². The van der Waals surface area contributed by atoms with E-state index in [4.69, 9.17) is 4.74 Å². The van der Waals surface area contributed by atoms with Crippen LogP contribution in [-0.2, 0) is 12.8 Å². The zero-order chi connectivity index (χ0) is 18.8. The highest BCUT2D eigenvalue weighted by Crippen LogP contribution is 2.37. The van der Waals surface area contributed by atoms with Gasteiger partial charge in [0.2, 0.25) is 0 Å². The predicted octanol–water partition coefficient (Wildman–Crippen LogP) is 4.39. The Morgan fingerprint density at radius 2 is 1.71 bits per heavy atom. The minimum atomic E-state index is 0.859. The molecule has 0 bridgehead atoms. The molecule has 2 aliphatic heterocycles. The van der Waals surface area contributed by atoms with Gasteiger partial charge in [0.05, 0.1) is 6.61 Å². The smallest absolute Gasteiger partial charge is 0.119 e. The second-order valence-electron chi connectivity index (χ2n) is 9.96. The van der Waals surface area contributed by atoms with E-state index in [0.29, 0.717) is 0 Å². The van der Waals surface area contributed by atoms with E-state index < -0.39 is 0 Å². The summed E-state index contributed by atoms with van der Waals surface area (Å²) in [5, 5.41) is 0. The molecule has 1 aromatic rings. The molecule has 3 unspecified atom stereocenters. The molecule has 28 heavy (non-hydrogen) atoms. The first-order valence-electron chi connectivity index (χ1n) is 12.0. The van der Waals surface area contributed by atoms with Gasteiger partial charge in [-0.2, -0.15) is 0 Å². The lowest BCUT2D eigenvalue weighted by Gasteiger charge is -2.28. The molecule has 1 saturated carbocycles. The highest BCUT2D eigenvalue weighted by molar-refractivity contribution is 5.37. The zero-order valence-corrected chi connectivity index (χ0v) is 17.6. The Morgan fingerprint density at radius 3 is 2.54 bits per heavy atom. The lowest BCUT2D eigenvalue weighted by Crippen LogP contribution is -2.30. The number of fused-ring (bicyclic) bond motifs is 2. The number of nitrogens with zero attached hydrogens (tertiary/aromatic N) is 2. The molecule has 0 radical (unpaired) electrons. The molecule has 2 aliphatic carbocycles. The van der Waals surface area contributed by atoms with E-state index >= 15 is 0 Å². The van der Waals surface area contributed by atoms with Crippen molar-refractivity contribution in [3.63, 3.8) is 0 Å². The van der Waals surface area contributed by atoms with Crippen molar-refractivity contribution in [3.8, 4) is 5.75 Å². The molecular formula is C25H38N2O. The maximum Gasteiger partial charge on any atom is 0.119 e. The lowest BCUT2D eigenvalue weighted by molar-refractivity contribution is 0.252. The van der Waals surface area contributed by atoms with Crippen LogP contribution in [0, 0.1) is 17.8 Å². The molecule has 4 aliphatic rings. The molecule has 3 heteroatoms. The highest BCUT2D eigenvalue weighted by atomic mass is 16.5. The van der Waals surface area contributed by atoms with E-state index in [-0.39, 0.29) is 0 Å². The molecule has 0 N–H and O–H groups in total. The summed E-state index contributed by atoms with van der Waals surface area (Å²) in [5.41, 5.74) is 3.12. The summed E-state index contributed by atoms with van der Waals surface area (Å²) < 4.78 is 6.13. The molecule has 0 aromatic heterocycles. The van der Waals surface area contributed by atoms with Gasteiger partial charge in [-0.3, -0.25) is 0 Å².